The van der Waals surface area contributed by atoms with Gasteiger partial charge in [-0.05, 0) is 37.3 Å². The summed E-state index contributed by atoms with van der Waals surface area (Å²) in [4.78, 5) is 24.0. The van der Waals surface area contributed by atoms with Crippen LogP contribution in [0, 0.1) is 0 Å². The summed E-state index contributed by atoms with van der Waals surface area (Å²) in [6.45, 7) is 2.56. The molecular formula is C20H27N5O5S. The summed E-state index contributed by atoms with van der Waals surface area (Å²) in [6.07, 6.45) is 2.41. The number of carbonyl (C=O) groups is 2. The molecule has 1 fully saturated rings. The zero-order valence-electron chi connectivity index (χ0n) is 17.3. The lowest BCUT2D eigenvalue weighted by Crippen LogP contribution is -2.28. The number of nitrogens with one attached hydrogen (secondary N) is 3. The van der Waals surface area contributed by atoms with Crippen LogP contribution in [0.1, 0.15) is 49.8 Å². The molecule has 0 saturated heterocycles. The Bertz CT molecular complexity index is 1040. The number of ether oxygens (including phenoxy) is 1. The van der Waals surface area contributed by atoms with Gasteiger partial charge in [0.1, 0.15) is 6.10 Å². The second-order valence-electron chi connectivity index (χ2n) is 7.55. The van der Waals surface area contributed by atoms with Gasteiger partial charge < -0.3 is 15.4 Å². The summed E-state index contributed by atoms with van der Waals surface area (Å²) in [5.41, 5.74) is 1.16. The number of primary sulfonamides is 1. The molecule has 11 heteroatoms. The number of nitrogens with zero attached hydrogens (tertiary/aromatic N) is 1. The van der Waals surface area contributed by atoms with Crippen molar-refractivity contribution in [3.63, 3.8) is 0 Å². The average Bonchev–Trinajstić information content (AvgIpc) is 3.35. The molecule has 168 valence electrons. The number of alkyl carbamates (subject to hydrolysis) is 1. The molecule has 0 spiro atoms. The third-order valence-electron chi connectivity index (χ3n) is 5.11. The van der Waals surface area contributed by atoms with Crippen molar-refractivity contribution in [1.29, 1.82) is 0 Å². The van der Waals surface area contributed by atoms with Crippen molar-refractivity contribution < 1.29 is 22.7 Å². The summed E-state index contributed by atoms with van der Waals surface area (Å²) < 4.78 is 28.8. The van der Waals surface area contributed by atoms with Crippen molar-refractivity contribution in [3.8, 4) is 0 Å². The van der Waals surface area contributed by atoms with Crippen LogP contribution in [0.25, 0.3) is 0 Å². The lowest BCUT2D eigenvalue weighted by atomic mass is 10.0. The molecule has 0 radical (unpaired) electrons. The highest BCUT2D eigenvalue weighted by atomic mass is 32.2. The Hall–Kier alpha value is -2.92. The third-order valence-corrected chi connectivity index (χ3v) is 6.12. The average molecular weight is 450 g/mol. The first-order valence-corrected chi connectivity index (χ1v) is 11.7. The number of hydrogen-bond acceptors (Lipinski definition) is 6. The van der Waals surface area contributed by atoms with Gasteiger partial charge in [0.15, 0.2) is 5.82 Å². The van der Waals surface area contributed by atoms with Crippen LogP contribution < -0.4 is 15.8 Å². The maximum absolute atomic E-state index is 12.4. The molecule has 5 N–H and O–H groups in total. The fourth-order valence-corrected chi connectivity index (χ4v) is 4.42. The molecule has 3 rings (SSSR count). The van der Waals surface area contributed by atoms with Gasteiger partial charge >= 0.3 is 6.09 Å². The summed E-state index contributed by atoms with van der Waals surface area (Å²) in [7, 11) is -3.92. The molecule has 0 unspecified atom stereocenters. The van der Waals surface area contributed by atoms with Crippen LogP contribution >= 0.6 is 0 Å². The molecule has 0 bridgehead atoms. The van der Waals surface area contributed by atoms with Gasteiger partial charge in [-0.2, -0.15) is 5.10 Å². The predicted octanol–water partition coefficient (Wildman–Crippen LogP) is 2.01. The number of sulfonamides is 1. The lowest BCUT2D eigenvalue weighted by Gasteiger charge is -2.12. The first kappa shape index (κ1) is 22.8. The SMILES string of the molecule is CCCNC(=O)O[C@@H]1CC[C@H](c2cc(NC(=O)Cc3ccccc3S(N)(=O)=O)n[nH]2)C1. The van der Waals surface area contributed by atoms with E-state index < -0.39 is 22.0 Å². The summed E-state index contributed by atoms with van der Waals surface area (Å²) in [5.74, 6) is 0.0813. The Morgan fingerprint density at radius 1 is 1.29 bits per heavy atom. The van der Waals surface area contributed by atoms with Crippen LogP contribution in [0.3, 0.4) is 0 Å². The largest absolute Gasteiger partial charge is 0.446 e. The highest BCUT2D eigenvalue weighted by Crippen LogP contribution is 2.35. The van der Waals surface area contributed by atoms with Crippen molar-refractivity contribution >= 4 is 27.8 Å². The minimum atomic E-state index is -3.92. The number of anilines is 1. The van der Waals surface area contributed by atoms with Gasteiger partial charge in [-0.3, -0.25) is 9.89 Å². The van der Waals surface area contributed by atoms with E-state index in [9.17, 15) is 18.0 Å². The number of H-pyrrole nitrogens is 1. The van der Waals surface area contributed by atoms with E-state index in [-0.39, 0.29) is 23.3 Å². The smallest absolute Gasteiger partial charge is 0.407 e. The topological polar surface area (TPSA) is 156 Å². The molecule has 1 aromatic heterocycles. The zero-order chi connectivity index (χ0) is 22.4. The highest BCUT2D eigenvalue weighted by Gasteiger charge is 2.30. The van der Waals surface area contributed by atoms with E-state index in [4.69, 9.17) is 9.88 Å². The van der Waals surface area contributed by atoms with Crippen molar-refractivity contribution in [2.24, 2.45) is 5.14 Å². The van der Waals surface area contributed by atoms with E-state index in [2.05, 4.69) is 20.8 Å². The lowest BCUT2D eigenvalue weighted by molar-refractivity contribution is -0.115. The number of aromatic nitrogens is 2. The molecule has 1 aromatic carbocycles. The number of nitrogens with two attached hydrogens (primary N) is 1. The van der Waals surface area contributed by atoms with Crippen molar-refractivity contribution in [2.45, 2.75) is 55.9 Å². The van der Waals surface area contributed by atoms with E-state index in [0.717, 1.165) is 25.0 Å². The number of rotatable bonds is 8. The maximum atomic E-state index is 12.4. The molecule has 2 amide bonds. The van der Waals surface area contributed by atoms with Gasteiger partial charge in [-0.15, -0.1) is 0 Å². The van der Waals surface area contributed by atoms with Crippen LogP contribution in [-0.4, -0.2) is 43.3 Å². The molecule has 2 aromatic rings. The van der Waals surface area contributed by atoms with Crippen LogP contribution in [0.2, 0.25) is 0 Å². The minimum absolute atomic E-state index is 0.0761. The minimum Gasteiger partial charge on any atom is -0.446 e. The standard InChI is InChI=1S/C20H27N5O5S/c1-2-9-22-20(27)30-15-8-7-13(10-15)16-12-18(25-24-16)23-19(26)11-14-5-3-4-6-17(14)31(21,28)29/h3-6,12-13,15H,2,7-11H2,1H3,(H,22,27)(H2,21,28,29)(H2,23,24,25,26)/t13-,15+/m0/s1. The van der Waals surface area contributed by atoms with E-state index in [1.165, 1.54) is 6.07 Å². The third kappa shape index (κ3) is 6.28. The van der Waals surface area contributed by atoms with Gasteiger partial charge in [0.05, 0.1) is 11.3 Å². The van der Waals surface area contributed by atoms with E-state index >= 15 is 0 Å². The Labute approximate surface area is 181 Å². The number of aromatic amines is 1. The quantitative estimate of drug-likeness (QED) is 0.483. The van der Waals surface area contributed by atoms with Gasteiger partial charge in [0.25, 0.3) is 0 Å². The predicted molar refractivity (Wildman–Crippen MR) is 114 cm³/mol. The number of amides is 2. The molecule has 2 atom stereocenters. The fraction of sp³-hybridized carbons (Fsp3) is 0.450. The number of hydrogen-bond donors (Lipinski definition) is 4. The molecule has 1 aliphatic rings. The molecule has 10 nitrogen and oxygen atoms in total. The molecule has 31 heavy (non-hydrogen) atoms. The Morgan fingerprint density at radius 3 is 2.81 bits per heavy atom. The molecular weight excluding hydrogens is 422 g/mol. The number of benzene rings is 1. The monoisotopic (exact) mass is 449 g/mol. The molecule has 1 heterocycles. The molecule has 1 saturated carbocycles. The van der Waals surface area contributed by atoms with Gasteiger partial charge in [-0.1, -0.05) is 25.1 Å². The fourth-order valence-electron chi connectivity index (χ4n) is 3.65. The van der Waals surface area contributed by atoms with Crippen molar-refractivity contribution in [2.75, 3.05) is 11.9 Å². The van der Waals surface area contributed by atoms with E-state index in [1.807, 2.05) is 6.92 Å². The van der Waals surface area contributed by atoms with Crippen LogP contribution in [0.15, 0.2) is 35.2 Å². The van der Waals surface area contributed by atoms with Crippen molar-refractivity contribution in [1.82, 2.24) is 15.5 Å². The molecule has 0 aliphatic heterocycles. The van der Waals surface area contributed by atoms with Gasteiger partial charge in [-0.25, -0.2) is 18.4 Å². The maximum Gasteiger partial charge on any atom is 0.407 e. The Balaban J connectivity index is 1.55. The summed E-state index contributed by atoms with van der Waals surface area (Å²) >= 11 is 0. The highest BCUT2D eigenvalue weighted by molar-refractivity contribution is 7.89. The van der Waals surface area contributed by atoms with Gasteiger partial charge in [0.2, 0.25) is 15.9 Å². The Kier molecular flexibility index (Phi) is 7.29. The second kappa shape index (κ2) is 9.92. The van der Waals surface area contributed by atoms with Crippen molar-refractivity contribution in [3.05, 3.63) is 41.6 Å². The molecule has 1 aliphatic carbocycles. The normalized spacial score (nSPS) is 18.5. The van der Waals surface area contributed by atoms with Crippen LogP contribution in [0.4, 0.5) is 10.6 Å². The van der Waals surface area contributed by atoms with Gasteiger partial charge in [0, 0.05) is 24.2 Å². The van der Waals surface area contributed by atoms with E-state index in [1.54, 1.807) is 24.3 Å². The summed E-state index contributed by atoms with van der Waals surface area (Å²) in [5, 5.41) is 17.6. The Morgan fingerprint density at radius 2 is 2.06 bits per heavy atom. The first-order valence-electron chi connectivity index (χ1n) is 10.2. The zero-order valence-corrected chi connectivity index (χ0v) is 18.1. The summed E-state index contributed by atoms with van der Waals surface area (Å²) in [6, 6.07) is 7.85. The van der Waals surface area contributed by atoms with Crippen LogP contribution in [0.5, 0.6) is 0 Å². The first-order chi connectivity index (χ1) is 14.8. The second-order valence-corrected chi connectivity index (χ2v) is 9.08. The van der Waals surface area contributed by atoms with E-state index in [0.29, 0.717) is 24.3 Å². The number of carbonyl (C=O) groups excluding carboxylic acids is 2. The van der Waals surface area contributed by atoms with Crippen LogP contribution in [-0.2, 0) is 26.0 Å².